The topological polar surface area (TPSA) is 89.1 Å². The Balaban J connectivity index is 1.78. The van der Waals surface area contributed by atoms with Gasteiger partial charge in [-0.1, -0.05) is 0 Å². The standard InChI is InChI=1S/C15H24N6O2/c1-11-10-12(21(4)19-11)15-18-17-14(23-15)7-6-13(22)16-8-5-9-20(2)3/h10H,5-9H2,1-4H3,(H,16,22). The summed E-state index contributed by atoms with van der Waals surface area (Å²) in [6.45, 7) is 3.54. The van der Waals surface area contributed by atoms with Crippen LogP contribution in [0.3, 0.4) is 0 Å². The smallest absolute Gasteiger partial charge is 0.265 e. The Labute approximate surface area is 135 Å². The van der Waals surface area contributed by atoms with Gasteiger partial charge in [0.25, 0.3) is 5.89 Å². The van der Waals surface area contributed by atoms with Gasteiger partial charge in [-0.3, -0.25) is 9.48 Å². The zero-order valence-corrected chi connectivity index (χ0v) is 14.2. The predicted molar refractivity (Wildman–Crippen MR) is 85.7 cm³/mol. The van der Waals surface area contributed by atoms with Gasteiger partial charge < -0.3 is 14.6 Å². The molecule has 0 aromatic carbocycles. The molecule has 0 aliphatic carbocycles. The molecule has 0 unspecified atom stereocenters. The van der Waals surface area contributed by atoms with E-state index in [0.29, 0.717) is 31.2 Å². The Hall–Kier alpha value is -2.22. The van der Waals surface area contributed by atoms with E-state index in [1.807, 2.05) is 34.1 Å². The second-order valence-electron chi connectivity index (χ2n) is 5.80. The number of amides is 1. The highest BCUT2D eigenvalue weighted by Gasteiger charge is 2.14. The van der Waals surface area contributed by atoms with E-state index in [4.69, 9.17) is 4.42 Å². The lowest BCUT2D eigenvalue weighted by Crippen LogP contribution is -2.27. The van der Waals surface area contributed by atoms with Gasteiger partial charge in [0.1, 0.15) is 5.69 Å². The normalized spacial score (nSPS) is 11.2. The van der Waals surface area contributed by atoms with Gasteiger partial charge >= 0.3 is 0 Å². The number of nitrogens with zero attached hydrogens (tertiary/aromatic N) is 5. The van der Waals surface area contributed by atoms with E-state index in [2.05, 4.69) is 25.5 Å². The molecule has 2 aromatic heterocycles. The highest BCUT2D eigenvalue weighted by Crippen LogP contribution is 2.18. The molecule has 1 amide bonds. The number of carbonyl (C=O) groups excluding carboxylic acids is 1. The van der Waals surface area contributed by atoms with Crippen LogP contribution in [-0.4, -0.2) is 58.0 Å². The number of aromatic nitrogens is 4. The molecule has 8 nitrogen and oxygen atoms in total. The van der Waals surface area contributed by atoms with Gasteiger partial charge in [-0.05, 0) is 40.1 Å². The molecule has 23 heavy (non-hydrogen) atoms. The van der Waals surface area contributed by atoms with Gasteiger partial charge in [0, 0.05) is 26.4 Å². The van der Waals surface area contributed by atoms with Crippen molar-refractivity contribution in [1.82, 2.24) is 30.2 Å². The Bertz CT molecular complexity index is 646. The van der Waals surface area contributed by atoms with E-state index >= 15 is 0 Å². The molecule has 0 fully saturated rings. The molecule has 1 N–H and O–H groups in total. The highest BCUT2D eigenvalue weighted by molar-refractivity contribution is 5.75. The number of aryl methyl sites for hydroxylation is 3. The van der Waals surface area contributed by atoms with Gasteiger partial charge in [-0.15, -0.1) is 10.2 Å². The number of nitrogens with one attached hydrogen (secondary N) is 1. The van der Waals surface area contributed by atoms with Crippen LogP contribution in [0.1, 0.15) is 24.4 Å². The molecule has 0 saturated carbocycles. The molecular formula is C15H24N6O2. The van der Waals surface area contributed by atoms with E-state index in [-0.39, 0.29) is 5.91 Å². The van der Waals surface area contributed by atoms with Crippen LogP contribution in [0.15, 0.2) is 10.5 Å². The van der Waals surface area contributed by atoms with E-state index in [9.17, 15) is 4.79 Å². The highest BCUT2D eigenvalue weighted by atomic mass is 16.4. The van der Waals surface area contributed by atoms with Gasteiger partial charge in [0.2, 0.25) is 11.8 Å². The van der Waals surface area contributed by atoms with Crippen molar-refractivity contribution in [2.75, 3.05) is 27.2 Å². The average molecular weight is 320 g/mol. The summed E-state index contributed by atoms with van der Waals surface area (Å²) in [5.74, 6) is 0.886. The molecule has 0 spiro atoms. The minimum absolute atomic E-state index is 0.000107. The van der Waals surface area contributed by atoms with Crippen molar-refractivity contribution in [2.24, 2.45) is 7.05 Å². The zero-order valence-electron chi connectivity index (χ0n) is 14.2. The van der Waals surface area contributed by atoms with Crippen LogP contribution in [0.4, 0.5) is 0 Å². The van der Waals surface area contributed by atoms with Crippen molar-refractivity contribution in [3.8, 4) is 11.6 Å². The summed E-state index contributed by atoms with van der Waals surface area (Å²) in [6, 6.07) is 1.88. The van der Waals surface area contributed by atoms with Gasteiger partial charge in [-0.25, -0.2) is 0 Å². The number of carbonyl (C=O) groups is 1. The summed E-state index contributed by atoms with van der Waals surface area (Å²) in [5.41, 5.74) is 1.66. The first-order chi connectivity index (χ1) is 11.0. The van der Waals surface area contributed by atoms with Crippen molar-refractivity contribution >= 4 is 5.91 Å². The summed E-state index contributed by atoms with van der Waals surface area (Å²) in [4.78, 5) is 13.9. The third-order valence-electron chi connectivity index (χ3n) is 3.36. The fourth-order valence-electron chi connectivity index (χ4n) is 2.20. The first-order valence-corrected chi connectivity index (χ1v) is 7.70. The monoisotopic (exact) mass is 320 g/mol. The summed E-state index contributed by atoms with van der Waals surface area (Å²) in [5, 5.41) is 15.1. The van der Waals surface area contributed by atoms with Gasteiger partial charge in [0.15, 0.2) is 0 Å². The Kier molecular flexibility index (Phi) is 5.86. The Morgan fingerprint density at radius 2 is 2.17 bits per heavy atom. The lowest BCUT2D eigenvalue weighted by atomic mass is 10.3. The van der Waals surface area contributed by atoms with E-state index in [1.54, 1.807) is 4.68 Å². The maximum absolute atomic E-state index is 11.8. The number of hydrogen-bond acceptors (Lipinski definition) is 6. The first kappa shape index (κ1) is 17.1. The van der Waals surface area contributed by atoms with Crippen molar-refractivity contribution in [3.63, 3.8) is 0 Å². The van der Waals surface area contributed by atoms with Crippen molar-refractivity contribution < 1.29 is 9.21 Å². The minimum Gasteiger partial charge on any atom is -0.419 e. The molecule has 0 radical (unpaired) electrons. The molecular weight excluding hydrogens is 296 g/mol. The number of rotatable bonds is 8. The van der Waals surface area contributed by atoms with Crippen LogP contribution < -0.4 is 5.32 Å². The molecule has 0 aliphatic heterocycles. The van der Waals surface area contributed by atoms with Gasteiger partial charge in [0.05, 0.1) is 5.69 Å². The largest absolute Gasteiger partial charge is 0.419 e. The van der Waals surface area contributed by atoms with Crippen LogP contribution in [-0.2, 0) is 18.3 Å². The minimum atomic E-state index is -0.000107. The first-order valence-electron chi connectivity index (χ1n) is 7.70. The number of hydrogen-bond donors (Lipinski definition) is 1. The molecule has 8 heteroatoms. The molecule has 2 aromatic rings. The van der Waals surface area contributed by atoms with Crippen LogP contribution >= 0.6 is 0 Å². The zero-order chi connectivity index (χ0) is 16.8. The molecule has 2 rings (SSSR count). The van der Waals surface area contributed by atoms with E-state index in [0.717, 1.165) is 24.4 Å². The lowest BCUT2D eigenvalue weighted by Gasteiger charge is -2.09. The van der Waals surface area contributed by atoms with Crippen LogP contribution in [0.2, 0.25) is 0 Å². The fraction of sp³-hybridized carbons (Fsp3) is 0.600. The maximum atomic E-state index is 11.8. The molecule has 2 heterocycles. The third kappa shape index (κ3) is 5.17. The Morgan fingerprint density at radius 1 is 1.39 bits per heavy atom. The second-order valence-corrected chi connectivity index (χ2v) is 5.80. The third-order valence-corrected chi connectivity index (χ3v) is 3.36. The summed E-state index contributed by atoms with van der Waals surface area (Å²) < 4.78 is 7.30. The molecule has 126 valence electrons. The summed E-state index contributed by atoms with van der Waals surface area (Å²) in [6.07, 6.45) is 1.71. The van der Waals surface area contributed by atoms with E-state index < -0.39 is 0 Å². The Morgan fingerprint density at radius 3 is 2.83 bits per heavy atom. The lowest BCUT2D eigenvalue weighted by molar-refractivity contribution is -0.121. The molecule has 0 atom stereocenters. The van der Waals surface area contributed by atoms with Crippen molar-refractivity contribution in [2.45, 2.75) is 26.2 Å². The fourth-order valence-corrected chi connectivity index (χ4v) is 2.20. The van der Waals surface area contributed by atoms with Crippen LogP contribution in [0.25, 0.3) is 11.6 Å². The van der Waals surface area contributed by atoms with Crippen molar-refractivity contribution in [3.05, 3.63) is 17.7 Å². The van der Waals surface area contributed by atoms with E-state index in [1.165, 1.54) is 0 Å². The maximum Gasteiger partial charge on any atom is 0.265 e. The average Bonchev–Trinajstić information content (AvgIpc) is 3.07. The quantitative estimate of drug-likeness (QED) is 0.723. The van der Waals surface area contributed by atoms with Crippen molar-refractivity contribution in [1.29, 1.82) is 0 Å². The molecule has 0 saturated heterocycles. The SMILES string of the molecule is Cc1cc(-c2nnc(CCC(=O)NCCCN(C)C)o2)n(C)n1. The van der Waals surface area contributed by atoms with Crippen LogP contribution in [0.5, 0.6) is 0 Å². The summed E-state index contributed by atoms with van der Waals surface area (Å²) >= 11 is 0. The molecule has 0 bridgehead atoms. The van der Waals surface area contributed by atoms with Crippen LogP contribution in [0, 0.1) is 6.92 Å². The predicted octanol–water partition coefficient (Wildman–Crippen LogP) is 0.779. The van der Waals surface area contributed by atoms with Gasteiger partial charge in [-0.2, -0.15) is 5.10 Å². The summed E-state index contributed by atoms with van der Waals surface area (Å²) in [7, 11) is 5.85. The molecule has 0 aliphatic rings. The second kappa shape index (κ2) is 7.87.